The van der Waals surface area contributed by atoms with E-state index in [9.17, 15) is 0 Å². The summed E-state index contributed by atoms with van der Waals surface area (Å²) >= 11 is 0. The van der Waals surface area contributed by atoms with Crippen molar-refractivity contribution < 1.29 is 13.3 Å². The largest absolute Gasteiger partial charge is 0.456 e. The number of rotatable bonds is 4. The predicted molar refractivity (Wildman–Crippen MR) is 203 cm³/mol. The number of furan rings is 3. The number of hydrogen-bond donors (Lipinski definition) is 0. The van der Waals surface area contributed by atoms with Gasteiger partial charge >= 0.3 is 0 Å². The number of para-hydroxylation sites is 2. The highest BCUT2D eigenvalue weighted by molar-refractivity contribution is 6.16. The fourth-order valence-corrected chi connectivity index (χ4v) is 7.26. The van der Waals surface area contributed by atoms with Gasteiger partial charge in [0.15, 0.2) is 17.5 Å². The first-order chi connectivity index (χ1) is 25.2. The standard InChI is InChI=1S/C45H25N3O3/c1-3-10-26(11-4-1)43-46-44(27-12-5-2-6-13-27)48-45(47-43)33-16-9-15-32-34-22-28(19-21-38(34)51-42(32)33)29-18-20-31-36-24-35-30-14-7-8-17-37(30)49-40(35)25-41(36)50-39(31)23-29/h1-25H. The van der Waals surface area contributed by atoms with Crippen LogP contribution >= 0.6 is 0 Å². The lowest BCUT2D eigenvalue weighted by atomic mass is 10.0. The van der Waals surface area contributed by atoms with Crippen LogP contribution in [0.3, 0.4) is 0 Å². The summed E-state index contributed by atoms with van der Waals surface area (Å²) in [6, 6.07) is 51.2. The molecule has 0 aliphatic rings. The summed E-state index contributed by atoms with van der Waals surface area (Å²) in [4.78, 5) is 14.8. The van der Waals surface area contributed by atoms with Gasteiger partial charge in [0, 0.05) is 49.5 Å². The minimum atomic E-state index is 0.558. The third-order valence-corrected chi connectivity index (χ3v) is 9.74. The molecule has 0 amide bonds. The van der Waals surface area contributed by atoms with E-state index in [1.165, 1.54) is 0 Å². The molecule has 0 bridgehead atoms. The van der Waals surface area contributed by atoms with Gasteiger partial charge in [0.05, 0.1) is 5.56 Å². The number of benzene rings is 7. The second-order valence-electron chi connectivity index (χ2n) is 12.8. The molecule has 4 aromatic heterocycles. The Kier molecular flexibility index (Phi) is 5.86. The van der Waals surface area contributed by atoms with Crippen molar-refractivity contribution >= 4 is 65.8 Å². The van der Waals surface area contributed by atoms with Crippen molar-refractivity contribution in [2.45, 2.75) is 0 Å². The van der Waals surface area contributed by atoms with E-state index in [0.717, 1.165) is 93.6 Å². The molecule has 51 heavy (non-hydrogen) atoms. The van der Waals surface area contributed by atoms with E-state index in [0.29, 0.717) is 17.5 Å². The SMILES string of the molecule is c1ccc(-c2nc(-c3ccccc3)nc(-c3cccc4c3oc3ccc(-c5ccc6c(c5)oc5cc7oc8ccccc8c7cc56)cc34)n2)cc1. The Balaban J connectivity index is 1.03. The van der Waals surface area contributed by atoms with Gasteiger partial charge in [-0.2, -0.15) is 0 Å². The maximum Gasteiger partial charge on any atom is 0.167 e. The third-order valence-electron chi connectivity index (χ3n) is 9.74. The zero-order chi connectivity index (χ0) is 33.5. The Morgan fingerprint density at radius 3 is 1.61 bits per heavy atom. The summed E-state index contributed by atoms with van der Waals surface area (Å²) in [5.41, 5.74) is 9.64. The van der Waals surface area contributed by atoms with E-state index in [4.69, 9.17) is 28.2 Å². The number of aromatic nitrogens is 3. The third kappa shape index (κ3) is 4.40. The van der Waals surface area contributed by atoms with Crippen LogP contribution in [0.5, 0.6) is 0 Å². The summed E-state index contributed by atoms with van der Waals surface area (Å²) in [6.07, 6.45) is 0. The molecule has 0 aliphatic carbocycles. The Morgan fingerprint density at radius 1 is 0.294 bits per heavy atom. The van der Waals surface area contributed by atoms with Crippen LogP contribution in [0.15, 0.2) is 165 Å². The summed E-state index contributed by atoms with van der Waals surface area (Å²) in [7, 11) is 0. The zero-order valence-electron chi connectivity index (χ0n) is 27.0. The smallest absolute Gasteiger partial charge is 0.167 e. The minimum absolute atomic E-state index is 0.558. The van der Waals surface area contributed by atoms with Gasteiger partial charge in [-0.15, -0.1) is 0 Å². The summed E-state index contributed by atoms with van der Waals surface area (Å²) in [6.45, 7) is 0. The molecule has 0 N–H and O–H groups in total. The van der Waals surface area contributed by atoms with Crippen LogP contribution in [0.1, 0.15) is 0 Å². The van der Waals surface area contributed by atoms with Crippen LogP contribution in [0.2, 0.25) is 0 Å². The van der Waals surface area contributed by atoms with Crippen LogP contribution in [0, 0.1) is 0 Å². The Hall–Kier alpha value is -7.05. The van der Waals surface area contributed by atoms with Gasteiger partial charge in [0.1, 0.15) is 33.5 Å². The molecule has 0 saturated heterocycles. The Bertz CT molecular complexity index is 3080. The lowest BCUT2D eigenvalue weighted by Gasteiger charge is -2.08. The predicted octanol–water partition coefficient (Wildman–Crippen LogP) is 12.2. The molecule has 0 fully saturated rings. The molecule has 0 unspecified atom stereocenters. The molecule has 7 aromatic carbocycles. The van der Waals surface area contributed by atoms with Crippen molar-refractivity contribution in [2.75, 3.05) is 0 Å². The first-order valence-corrected chi connectivity index (χ1v) is 16.8. The molecule has 11 rings (SSSR count). The maximum absolute atomic E-state index is 6.56. The van der Waals surface area contributed by atoms with E-state index >= 15 is 0 Å². The monoisotopic (exact) mass is 655 g/mol. The van der Waals surface area contributed by atoms with E-state index < -0.39 is 0 Å². The minimum Gasteiger partial charge on any atom is -0.456 e. The van der Waals surface area contributed by atoms with Crippen LogP contribution in [0.4, 0.5) is 0 Å². The van der Waals surface area contributed by atoms with Crippen molar-refractivity contribution in [3.8, 4) is 45.3 Å². The molecule has 4 heterocycles. The zero-order valence-corrected chi connectivity index (χ0v) is 27.0. The van der Waals surface area contributed by atoms with Gasteiger partial charge in [0.2, 0.25) is 0 Å². The lowest BCUT2D eigenvalue weighted by Crippen LogP contribution is -2.00. The topological polar surface area (TPSA) is 78.1 Å². The van der Waals surface area contributed by atoms with Crippen LogP contribution < -0.4 is 0 Å². The first-order valence-electron chi connectivity index (χ1n) is 16.8. The second kappa shape index (κ2) is 10.7. The van der Waals surface area contributed by atoms with Crippen molar-refractivity contribution in [2.24, 2.45) is 0 Å². The molecule has 0 radical (unpaired) electrons. The molecular formula is C45H25N3O3. The van der Waals surface area contributed by atoms with E-state index in [2.05, 4.69) is 48.5 Å². The average Bonchev–Trinajstić information content (AvgIpc) is 3.87. The average molecular weight is 656 g/mol. The normalized spacial score (nSPS) is 11.9. The Labute approximate surface area is 290 Å². The molecule has 6 nitrogen and oxygen atoms in total. The van der Waals surface area contributed by atoms with Gasteiger partial charge in [-0.1, -0.05) is 103 Å². The molecule has 0 spiro atoms. The van der Waals surface area contributed by atoms with Crippen LogP contribution in [-0.4, -0.2) is 15.0 Å². The lowest BCUT2D eigenvalue weighted by molar-refractivity contribution is 0.656. The van der Waals surface area contributed by atoms with Gasteiger partial charge < -0.3 is 13.3 Å². The highest BCUT2D eigenvalue weighted by atomic mass is 16.3. The summed E-state index contributed by atoms with van der Waals surface area (Å²) < 4.78 is 19.1. The summed E-state index contributed by atoms with van der Waals surface area (Å²) in [5.74, 6) is 1.78. The van der Waals surface area contributed by atoms with Crippen molar-refractivity contribution in [1.29, 1.82) is 0 Å². The van der Waals surface area contributed by atoms with E-state index in [1.54, 1.807) is 0 Å². The quantitative estimate of drug-likeness (QED) is 0.188. The van der Waals surface area contributed by atoms with Crippen molar-refractivity contribution in [3.05, 3.63) is 152 Å². The fraction of sp³-hybridized carbons (Fsp3) is 0. The maximum atomic E-state index is 6.56. The molecule has 6 heteroatoms. The van der Waals surface area contributed by atoms with Gasteiger partial charge in [0.25, 0.3) is 0 Å². The van der Waals surface area contributed by atoms with Gasteiger partial charge in [-0.05, 0) is 53.6 Å². The second-order valence-corrected chi connectivity index (χ2v) is 12.8. The molecule has 11 aromatic rings. The molecule has 0 atom stereocenters. The van der Waals surface area contributed by atoms with E-state index in [-0.39, 0.29) is 0 Å². The van der Waals surface area contributed by atoms with E-state index in [1.807, 2.05) is 103 Å². The number of fused-ring (bicyclic) bond motifs is 9. The number of hydrogen-bond acceptors (Lipinski definition) is 6. The van der Waals surface area contributed by atoms with Gasteiger partial charge in [-0.25, -0.2) is 15.0 Å². The molecule has 0 saturated carbocycles. The fourth-order valence-electron chi connectivity index (χ4n) is 7.26. The van der Waals surface area contributed by atoms with Crippen LogP contribution in [-0.2, 0) is 0 Å². The highest BCUT2D eigenvalue weighted by Crippen LogP contribution is 2.40. The highest BCUT2D eigenvalue weighted by Gasteiger charge is 2.19. The van der Waals surface area contributed by atoms with Crippen molar-refractivity contribution in [3.63, 3.8) is 0 Å². The van der Waals surface area contributed by atoms with Crippen LogP contribution in [0.25, 0.3) is 111 Å². The first kappa shape index (κ1) is 27.9. The number of nitrogens with zero attached hydrogens (tertiary/aromatic N) is 3. The van der Waals surface area contributed by atoms with Crippen molar-refractivity contribution in [1.82, 2.24) is 15.0 Å². The summed E-state index contributed by atoms with van der Waals surface area (Å²) in [5, 5.41) is 6.35. The molecule has 0 aliphatic heterocycles. The molecule has 238 valence electrons. The molecular weight excluding hydrogens is 631 g/mol. The van der Waals surface area contributed by atoms with Gasteiger partial charge in [-0.3, -0.25) is 0 Å². The Morgan fingerprint density at radius 2 is 0.843 bits per heavy atom.